The molecule has 16 heavy (non-hydrogen) atoms. The van der Waals surface area contributed by atoms with Crippen molar-refractivity contribution in [1.29, 1.82) is 0 Å². The number of fused-ring (bicyclic) bond motifs is 1. The van der Waals surface area contributed by atoms with Crippen LogP contribution in [-0.4, -0.2) is 6.04 Å². The third-order valence-corrected chi connectivity index (χ3v) is 4.12. The van der Waals surface area contributed by atoms with Crippen LogP contribution in [0, 0.1) is 5.92 Å². The Morgan fingerprint density at radius 1 is 1.25 bits per heavy atom. The minimum absolute atomic E-state index is 0.229. The summed E-state index contributed by atoms with van der Waals surface area (Å²) < 4.78 is 0. The molecule has 1 saturated carbocycles. The lowest BCUT2D eigenvalue weighted by Gasteiger charge is -2.13. The highest BCUT2D eigenvalue weighted by Gasteiger charge is 2.39. The second kappa shape index (κ2) is 3.86. The highest BCUT2D eigenvalue weighted by molar-refractivity contribution is 5.37. The van der Waals surface area contributed by atoms with E-state index in [0.29, 0.717) is 6.04 Å². The Morgan fingerprint density at radius 3 is 2.69 bits per heavy atom. The molecule has 2 aliphatic carbocycles. The first-order valence-electron chi connectivity index (χ1n) is 6.40. The Hall–Kier alpha value is -0.860. The van der Waals surface area contributed by atoms with Crippen LogP contribution in [0.2, 0.25) is 0 Å². The molecule has 4 unspecified atom stereocenters. The predicted octanol–water partition coefficient (Wildman–Crippen LogP) is 2.52. The molecule has 2 heteroatoms. The van der Waals surface area contributed by atoms with Crippen molar-refractivity contribution in [3.05, 3.63) is 35.4 Å². The smallest absolute Gasteiger partial charge is 0.0344 e. The molecule has 0 saturated heterocycles. The molecule has 0 bridgehead atoms. The molecule has 2 nitrogen and oxygen atoms in total. The summed E-state index contributed by atoms with van der Waals surface area (Å²) in [6, 6.07) is 10.1. The van der Waals surface area contributed by atoms with Crippen molar-refractivity contribution in [3.63, 3.8) is 0 Å². The standard InChI is InChI=1S/C14H20N2/c1-2-9-7-13(9)16-14-8-12(15)10-5-3-4-6-11(10)14/h3-6,9,12-14,16H,2,7-8,15H2,1H3. The molecule has 0 amide bonds. The SMILES string of the molecule is CCC1CC1NC1CC(N)c2ccccc21. The Balaban J connectivity index is 1.74. The monoisotopic (exact) mass is 216 g/mol. The molecule has 2 aliphatic rings. The summed E-state index contributed by atoms with van der Waals surface area (Å²) in [7, 11) is 0. The van der Waals surface area contributed by atoms with Gasteiger partial charge in [-0.15, -0.1) is 0 Å². The number of hydrogen-bond acceptors (Lipinski definition) is 2. The maximum absolute atomic E-state index is 6.16. The Kier molecular flexibility index (Phi) is 2.49. The van der Waals surface area contributed by atoms with Crippen molar-refractivity contribution in [2.75, 3.05) is 0 Å². The van der Waals surface area contributed by atoms with E-state index in [2.05, 4.69) is 36.5 Å². The number of nitrogens with one attached hydrogen (secondary N) is 1. The van der Waals surface area contributed by atoms with Crippen LogP contribution in [0.4, 0.5) is 0 Å². The molecule has 1 aromatic rings. The number of benzene rings is 1. The number of nitrogens with two attached hydrogens (primary N) is 1. The highest BCUT2D eigenvalue weighted by Crippen LogP contribution is 2.41. The minimum atomic E-state index is 0.229. The van der Waals surface area contributed by atoms with E-state index >= 15 is 0 Å². The molecular weight excluding hydrogens is 196 g/mol. The van der Waals surface area contributed by atoms with Crippen LogP contribution in [0.15, 0.2) is 24.3 Å². The second-order valence-electron chi connectivity index (χ2n) is 5.20. The fraction of sp³-hybridized carbons (Fsp3) is 0.571. The van der Waals surface area contributed by atoms with Crippen molar-refractivity contribution in [2.24, 2.45) is 11.7 Å². The largest absolute Gasteiger partial charge is 0.324 e. The summed E-state index contributed by atoms with van der Waals surface area (Å²) in [5.41, 5.74) is 8.93. The first kappa shape index (κ1) is 10.3. The van der Waals surface area contributed by atoms with Crippen LogP contribution in [0.5, 0.6) is 0 Å². The van der Waals surface area contributed by atoms with Gasteiger partial charge in [0.25, 0.3) is 0 Å². The molecule has 4 atom stereocenters. The zero-order chi connectivity index (χ0) is 11.1. The second-order valence-corrected chi connectivity index (χ2v) is 5.20. The average Bonchev–Trinajstić information content (AvgIpc) is 2.99. The van der Waals surface area contributed by atoms with Crippen molar-refractivity contribution < 1.29 is 0 Å². The minimum Gasteiger partial charge on any atom is -0.324 e. The molecule has 86 valence electrons. The van der Waals surface area contributed by atoms with Gasteiger partial charge in [0, 0.05) is 18.1 Å². The molecule has 1 aromatic carbocycles. The highest BCUT2D eigenvalue weighted by atomic mass is 15.0. The number of hydrogen-bond donors (Lipinski definition) is 2. The zero-order valence-corrected chi connectivity index (χ0v) is 9.82. The molecular formula is C14H20N2. The van der Waals surface area contributed by atoms with Crippen molar-refractivity contribution in [3.8, 4) is 0 Å². The van der Waals surface area contributed by atoms with E-state index in [9.17, 15) is 0 Å². The fourth-order valence-corrected chi connectivity index (χ4v) is 2.99. The lowest BCUT2D eigenvalue weighted by Crippen LogP contribution is -2.23. The number of rotatable bonds is 3. The Labute approximate surface area is 97.2 Å². The summed E-state index contributed by atoms with van der Waals surface area (Å²) in [6.07, 6.45) is 3.72. The van der Waals surface area contributed by atoms with Gasteiger partial charge in [0.1, 0.15) is 0 Å². The summed E-state index contributed by atoms with van der Waals surface area (Å²) in [6.45, 7) is 2.28. The Bertz CT molecular complexity index is 388. The van der Waals surface area contributed by atoms with Gasteiger partial charge in [-0.3, -0.25) is 0 Å². The first-order chi connectivity index (χ1) is 7.79. The molecule has 1 fully saturated rings. The van der Waals surface area contributed by atoms with E-state index in [-0.39, 0.29) is 6.04 Å². The van der Waals surface area contributed by atoms with Crippen LogP contribution in [0.25, 0.3) is 0 Å². The molecule has 3 N–H and O–H groups in total. The topological polar surface area (TPSA) is 38.0 Å². The maximum Gasteiger partial charge on any atom is 0.0344 e. The van der Waals surface area contributed by atoms with Crippen LogP contribution in [-0.2, 0) is 0 Å². The van der Waals surface area contributed by atoms with Gasteiger partial charge in [0.15, 0.2) is 0 Å². The first-order valence-corrected chi connectivity index (χ1v) is 6.40. The van der Waals surface area contributed by atoms with Gasteiger partial charge in [0.05, 0.1) is 0 Å². The van der Waals surface area contributed by atoms with Crippen molar-refractivity contribution in [1.82, 2.24) is 5.32 Å². The van der Waals surface area contributed by atoms with Crippen LogP contribution < -0.4 is 11.1 Å². The quantitative estimate of drug-likeness (QED) is 0.814. The van der Waals surface area contributed by atoms with E-state index in [1.165, 1.54) is 24.0 Å². The molecule has 0 heterocycles. The molecule has 0 aromatic heterocycles. The van der Waals surface area contributed by atoms with Crippen molar-refractivity contribution >= 4 is 0 Å². The lowest BCUT2D eigenvalue weighted by atomic mass is 10.1. The van der Waals surface area contributed by atoms with E-state index in [0.717, 1.165) is 18.4 Å². The van der Waals surface area contributed by atoms with Crippen LogP contribution in [0.1, 0.15) is 49.4 Å². The van der Waals surface area contributed by atoms with Gasteiger partial charge in [-0.2, -0.15) is 0 Å². The van der Waals surface area contributed by atoms with E-state index < -0.39 is 0 Å². The van der Waals surface area contributed by atoms with Gasteiger partial charge >= 0.3 is 0 Å². The van der Waals surface area contributed by atoms with Gasteiger partial charge in [0.2, 0.25) is 0 Å². The van der Waals surface area contributed by atoms with E-state index in [1.807, 2.05) is 0 Å². The Morgan fingerprint density at radius 2 is 2.00 bits per heavy atom. The van der Waals surface area contributed by atoms with Crippen molar-refractivity contribution in [2.45, 2.75) is 44.3 Å². The summed E-state index contributed by atoms with van der Waals surface area (Å²) >= 11 is 0. The van der Waals surface area contributed by atoms with Gasteiger partial charge < -0.3 is 11.1 Å². The van der Waals surface area contributed by atoms with Gasteiger partial charge in [-0.25, -0.2) is 0 Å². The van der Waals surface area contributed by atoms with Crippen LogP contribution >= 0.6 is 0 Å². The zero-order valence-electron chi connectivity index (χ0n) is 9.82. The summed E-state index contributed by atoms with van der Waals surface area (Å²) in [5.74, 6) is 0.906. The third-order valence-electron chi connectivity index (χ3n) is 4.12. The fourth-order valence-electron chi connectivity index (χ4n) is 2.99. The predicted molar refractivity (Wildman–Crippen MR) is 66.1 cm³/mol. The van der Waals surface area contributed by atoms with E-state index in [4.69, 9.17) is 5.73 Å². The molecule has 0 aliphatic heterocycles. The van der Waals surface area contributed by atoms with Gasteiger partial charge in [-0.05, 0) is 29.9 Å². The molecule has 0 radical (unpaired) electrons. The van der Waals surface area contributed by atoms with Crippen LogP contribution in [0.3, 0.4) is 0 Å². The maximum atomic E-state index is 6.16. The van der Waals surface area contributed by atoms with Gasteiger partial charge in [-0.1, -0.05) is 37.6 Å². The molecule has 3 rings (SSSR count). The average molecular weight is 216 g/mol. The third kappa shape index (κ3) is 1.66. The summed E-state index contributed by atoms with van der Waals surface area (Å²) in [5, 5.41) is 3.76. The van der Waals surface area contributed by atoms with E-state index in [1.54, 1.807) is 0 Å². The normalized spacial score (nSPS) is 36.1. The lowest BCUT2D eigenvalue weighted by molar-refractivity contribution is 0.479. The molecule has 0 spiro atoms. The summed E-state index contributed by atoms with van der Waals surface area (Å²) in [4.78, 5) is 0.